The zero-order valence-corrected chi connectivity index (χ0v) is 13.0. The normalized spacial score (nSPS) is 20.7. The number of phenols is 1. The first-order valence-electron chi connectivity index (χ1n) is 6.52. The second-order valence-electron chi connectivity index (χ2n) is 4.89. The maximum atomic E-state index is 14.8. The van der Waals surface area contributed by atoms with Crippen LogP contribution in [0, 0.1) is 5.82 Å². The fourth-order valence-electron chi connectivity index (χ4n) is 2.46. The van der Waals surface area contributed by atoms with Gasteiger partial charge in [0.05, 0.1) is 0 Å². The van der Waals surface area contributed by atoms with Crippen LogP contribution in [0.5, 0.6) is 5.75 Å². The van der Waals surface area contributed by atoms with E-state index < -0.39 is 39.9 Å². The number of nitrogens with zero attached hydrogens (tertiary/aromatic N) is 1. The number of amides is 1. The minimum Gasteiger partial charge on any atom is -0.506 e. The molecule has 0 aliphatic carbocycles. The lowest BCUT2D eigenvalue weighted by Gasteiger charge is -2.20. The van der Waals surface area contributed by atoms with E-state index in [9.17, 15) is 22.7 Å². The Kier molecular flexibility index (Phi) is 3.77. The van der Waals surface area contributed by atoms with Gasteiger partial charge < -0.3 is 5.11 Å². The van der Waals surface area contributed by atoms with Crippen molar-refractivity contribution in [1.29, 1.82) is 0 Å². The van der Waals surface area contributed by atoms with Gasteiger partial charge in [-0.2, -0.15) is 20.2 Å². The Morgan fingerprint density at radius 2 is 2.14 bits per heavy atom. The van der Waals surface area contributed by atoms with Crippen molar-refractivity contribution in [2.45, 2.75) is 6.42 Å². The highest BCUT2D eigenvalue weighted by Crippen LogP contribution is 2.38. The number of halogens is 1. The number of hydrogen-bond donors (Lipinski definition) is 2. The number of phenolic OH excluding ortho intramolecular Hbond substituents is 1. The van der Waals surface area contributed by atoms with E-state index in [1.807, 2.05) is 6.08 Å². The number of thioether (sulfide) groups is 1. The van der Waals surface area contributed by atoms with E-state index in [0.29, 0.717) is 10.7 Å². The van der Waals surface area contributed by atoms with Crippen molar-refractivity contribution in [3.05, 3.63) is 29.6 Å². The smallest absolute Gasteiger partial charge is 0.326 e. The molecule has 1 saturated heterocycles. The third-order valence-corrected chi connectivity index (χ3v) is 5.75. The molecule has 2 aliphatic heterocycles. The van der Waals surface area contributed by atoms with E-state index in [0.717, 1.165) is 17.1 Å². The molecule has 22 heavy (non-hydrogen) atoms. The van der Waals surface area contributed by atoms with Gasteiger partial charge in [0.25, 0.3) is 5.91 Å². The van der Waals surface area contributed by atoms with Crippen LogP contribution in [0.15, 0.2) is 18.2 Å². The van der Waals surface area contributed by atoms with Crippen LogP contribution in [-0.4, -0.2) is 37.5 Å². The summed E-state index contributed by atoms with van der Waals surface area (Å²) in [6.45, 7) is -0.550. The Labute approximate surface area is 131 Å². The van der Waals surface area contributed by atoms with Crippen molar-refractivity contribution in [1.82, 2.24) is 4.72 Å². The molecule has 2 aliphatic rings. The number of benzene rings is 1. The number of nitrogens with one attached hydrogen (secondary N) is 1. The number of carbonyl (C=O) groups is 1. The second kappa shape index (κ2) is 5.47. The van der Waals surface area contributed by atoms with Gasteiger partial charge in [0.2, 0.25) is 0 Å². The molecule has 0 aromatic heterocycles. The van der Waals surface area contributed by atoms with Gasteiger partial charge in [-0.25, -0.2) is 13.4 Å². The Bertz CT molecular complexity index is 776. The third kappa shape index (κ3) is 2.54. The third-order valence-electron chi connectivity index (χ3n) is 3.47. The number of carbonyl (C=O) groups excluding carboxylic acids is 1. The van der Waals surface area contributed by atoms with Crippen LogP contribution < -0.4 is 9.03 Å². The molecule has 2 heterocycles. The van der Waals surface area contributed by atoms with Gasteiger partial charge in [-0.3, -0.25) is 4.79 Å². The van der Waals surface area contributed by atoms with Gasteiger partial charge in [-0.15, -0.1) is 0 Å². The predicted molar refractivity (Wildman–Crippen MR) is 82.4 cm³/mol. The van der Waals surface area contributed by atoms with Crippen LogP contribution in [0.4, 0.5) is 10.1 Å². The van der Waals surface area contributed by atoms with Crippen molar-refractivity contribution in [3.63, 3.8) is 0 Å². The monoisotopic (exact) mass is 344 g/mol. The molecular formula is C13H13FN2O4S2. The summed E-state index contributed by atoms with van der Waals surface area (Å²) in [5, 5.41) is 9.88. The fraction of sp³-hybridized carbons (Fsp3) is 0.308. The van der Waals surface area contributed by atoms with Crippen LogP contribution >= 0.6 is 11.8 Å². The zero-order chi connectivity index (χ0) is 15.9. The van der Waals surface area contributed by atoms with Crippen molar-refractivity contribution in [2.75, 3.05) is 22.4 Å². The van der Waals surface area contributed by atoms with Gasteiger partial charge in [-0.1, -0.05) is 6.08 Å². The summed E-state index contributed by atoms with van der Waals surface area (Å²) in [6, 6.07) is 2.67. The first-order chi connectivity index (χ1) is 10.4. The van der Waals surface area contributed by atoms with Gasteiger partial charge >= 0.3 is 10.2 Å². The number of aromatic hydroxyl groups is 1. The molecule has 0 bridgehead atoms. The summed E-state index contributed by atoms with van der Waals surface area (Å²) >= 11 is 1.72. The minimum absolute atomic E-state index is 0.252. The predicted octanol–water partition coefficient (Wildman–Crippen LogP) is 1.23. The molecule has 0 saturated carbocycles. The van der Waals surface area contributed by atoms with Crippen LogP contribution in [-0.2, 0) is 15.0 Å². The summed E-state index contributed by atoms with van der Waals surface area (Å²) in [6.07, 6.45) is 2.55. The maximum Gasteiger partial charge on any atom is 0.326 e. The average Bonchev–Trinajstić information content (AvgIpc) is 2.73. The van der Waals surface area contributed by atoms with E-state index in [1.54, 1.807) is 16.5 Å². The number of rotatable bonds is 2. The molecule has 1 aromatic carbocycles. The summed E-state index contributed by atoms with van der Waals surface area (Å²) in [7, 11) is -4.17. The van der Waals surface area contributed by atoms with Gasteiger partial charge in [0.1, 0.15) is 18.0 Å². The first kappa shape index (κ1) is 15.2. The van der Waals surface area contributed by atoms with Gasteiger partial charge in [0, 0.05) is 11.3 Å². The molecule has 2 N–H and O–H groups in total. The molecule has 0 unspecified atom stereocenters. The molecule has 1 aromatic rings. The van der Waals surface area contributed by atoms with Crippen molar-refractivity contribution in [3.8, 4) is 5.75 Å². The van der Waals surface area contributed by atoms with Crippen molar-refractivity contribution < 1.29 is 22.7 Å². The molecular weight excluding hydrogens is 331 g/mol. The highest BCUT2D eigenvalue weighted by Gasteiger charge is 2.38. The maximum absolute atomic E-state index is 14.8. The molecule has 3 rings (SSSR count). The van der Waals surface area contributed by atoms with Gasteiger partial charge in [0.15, 0.2) is 5.82 Å². The molecule has 0 radical (unpaired) electrons. The second-order valence-corrected chi connectivity index (χ2v) is 7.63. The molecule has 1 fully saturated rings. The topological polar surface area (TPSA) is 86.7 Å². The SMILES string of the molecule is O=C1CN(c2c(O)ccc(C3=CCSCC3)c2F)S(=O)(=O)N1. The number of hydrogen-bond acceptors (Lipinski definition) is 5. The van der Waals surface area contributed by atoms with Crippen LogP contribution in [0.25, 0.3) is 5.57 Å². The van der Waals surface area contributed by atoms with E-state index in [4.69, 9.17) is 0 Å². The van der Waals surface area contributed by atoms with Crippen molar-refractivity contribution in [2.24, 2.45) is 0 Å². The van der Waals surface area contributed by atoms with E-state index in [1.165, 1.54) is 12.1 Å². The Morgan fingerprint density at radius 1 is 1.36 bits per heavy atom. The number of allylic oxidation sites excluding steroid dienone is 1. The molecule has 118 valence electrons. The first-order valence-corrected chi connectivity index (χ1v) is 9.11. The van der Waals surface area contributed by atoms with Gasteiger partial charge in [-0.05, 0) is 29.9 Å². The summed E-state index contributed by atoms with van der Waals surface area (Å²) < 4.78 is 40.8. The van der Waals surface area contributed by atoms with E-state index >= 15 is 0 Å². The molecule has 9 heteroatoms. The fourth-order valence-corrected chi connectivity index (χ4v) is 4.47. The highest BCUT2D eigenvalue weighted by atomic mass is 32.2. The van der Waals surface area contributed by atoms with Crippen LogP contribution in [0.3, 0.4) is 0 Å². The van der Waals surface area contributed by atoms with Crippen LogP contribution in [0.2, 0.25) is 0 Å². The Balaban J connectivity index is 2.12. The highest BCUT2D eigenvalue weighted by molar-refractivity contribution is 7.99. The number of anilines is 1. The largest absolute Gasteiger partial charge is 0.506 e. The lowest BCUT2D eigenvalue weighted by atomic mass is 10.0. The lowest BCUT2D eigenvalue weighted by Crippen LogP contribution is -2.30. The van der Waals surface area contributed by atoms with Crippen molar-refractivity contribution >= 4 is 39.1 Å². The van der Waals surface area contributed by atoms with E-state index in [2.05, 4.69) is 0 Å². The lowest BCUT2D eigenvalue weighted by molar-refractivity contribution is -0.117. The average molecular weight is 344 g/mol. The summed E-state index contributed by atoms with van der Waals surface area (Å²) in [5.74, 6) is -0.515. The summed E-state index contributed by atoms with van der Waals surface area (Å²) in [5.41, 5.74) is 0.533. The molecule has 6 nitrogen and oxygen atoms in total. The standard InChI is InChI=1S/C13H13FN2O4S2/c14-12-9(8-3-5-21-6-4-8)1-2-10(17)13(12)16-7-11(18)15-22(16,19)20/h1-3,17H,4-7H2,(H,15,18). The quantitative estimate of drug-likeness (QED) is 0.843. The molecule has 1 amide bonds. The van der Waals surface area contributed by atoms with Crippen LogP contribution in [0.1, 0.15) is 12.0 Å². The minimum atomic E-state index is -4.17. The molecule has 0 atom stereocenters. The Morgan fingerprint density at radius 3 is 2.73 bits per heavy atom. The zero-order valence-electron chi connectivity index (χ0n) is 11.4. The molecule has 0 spiro atoms. The Hall–Kier alpha value is -1.74. The summed E-state index contributed by atoms with van der Waals surface area (Å²) in [4.78, 5) is 11.3. The van der Waals surface area contributed by atoms with E-state index in [-0.39, 0.29) is 5.56 Å².